The lowest BCUT2D eigenvalue weighted by Gasteiger charge is -2.27. The molecule has 0 bridgehead atoms. The predicted molar refractivity (Wildman–Crippen MR) is 98.6 cm³/mol. The normalized spacial score (nSPS) is 24.9. The molecule has 1 aromatic carbocycles. The maximum atomic E-state index is 12.3. The van der Waals surface area contributed by atoms with Crippen LogP contribution in [-0.2, 0) is 16.1 Å². The Bertz CT molecular complexity index is 518. The Hall–Kier alpha value is -1.14. The predicted octanol–water partition coefficient (Wildman–Crippen LogP) is 2.27. The number of ether oxygens (including phenoxy) is 1. The second-order valence-electron chi connectivity index (χ2n) is 6.71. The first-order valence-corrected chi connectivity index (χ1v) is 8.64. The van der Waals surface area contributed by atoms with Gasteiger partial charge in [0.15, 0.2) is 0 Å². The zero-order chi connectivity index (χ0) is 16.1. The van der Waals surface area contributed by atoms with Gasteiger partial charge in [0.25, 0.3) is 0 Å². The van der Waals surface area contributed by atoms with Crippen LogP contribution in [0.25, 0.3) is 0 Å². The van der Waals surface area contributed by atoms with E-state index < -0.39 is 0 Å². The Morgan fingerprint density at radius 3 is 2.67 bits per heavy atom. The van der Waals surface area contributed by atoms with Crippen LogP contribution in [0.4, 0.5) is 5.69 Å². The van der Waals surface area contributed by atoms with Crippen LogP contribution in [0, 0.1) is 5.92 Å². The number of morpholine rings is 1. The van der Waals surface area contributed by atoms with Crippen LogP contribution in [0.3, 0.4) is 0 Å². The van der Waals surface area contributed by atoms with Gasteiger partial charge in [0.2, 0.25) is 5.91 Å². The lowest BCUT2D eigenvalue weighted by Crippen LogP contribution is -2.45. The monoisotopic (exact) mass is 353 g/mol. The highest BCUT2D eigenvalue weighted by atomic mass is 35.5. The summed E-state index contributed by atoms with van der Waals surface area (Å²) in [5, 5.41) is 6.33. The lowest BCUT2D eigenvalue weighted by atomic mass is 9.94. The molecule has 2 N–H and O–H groups in total. The van der Waals surface area contributed by atoms with Crippen LogP contribution in [0.15, 0.2) is 24.3 Å². The summed E-state index contributed by atoms with van der Waals surface area (Å²) < 4.78 is 5.37. The van der Waals surface area contributed by atoms with E-state index in [-0.39, 0.29) is 24.4 Å². The first kappa shape index (κ1) is 19.2. The number of benzene rings is 1. The van der Waals surface area contributed by atoms with Crippen molar-refractivity contribution < 1.29 is 9.53 Å². The van der Waals surface area contributed by atoms with Crippen LogP contribution in [-0.4, -0.2) is 49.7 Å². The number of nitrogens with zero attached hydrogens (tertiary/aromatic N) is 1. The third kappa shape index (κ3) is 5.45. The largest absolute Gasteiger partial charge is 0.379 e. The molecule has 0 aliphatic carbocycles. The van der Waals surface area contributed by atoms with Crippen molar-refractivity contribution in [1.82, 2.24) is 10.2 Å². The summed E-state index contributed by atoms with van der Waals surface area (Å²) in [5.41, 5.74) is 2.15. The molecule has 6 heteroatoms. The quantitative estimate of drug-likeness (QED) is 0.872. The van der Waals surface area contributed by atoms with E-state index in [1.54, 1.807) is 0 Å². The topological polar surface area (TPSA) is 53.6 Å². The van der Waals surface area contributed by atoms with Crippen molar-refractivity contribution in [3.63, 3.8) is 0 Å². The van der Waals surface area contributed by atoms with E-state index in [2.05, 4.69) is 34.6 Å². The van der Waals surface area contributed by atoms with E-state index in [0.29, 0.717) is 5.92 Å². The van der Waals surface area contributed by atoms with E-state index in [9.17, 15) is 4.79 Å². The number of hydrogen-bond donors (Lipinski definition) is 2. The van der Waals surface area contributed by atoms with Crippen LogP contribution < -0.4 is 10.6 Å². The SMILES string of the molecule is CC1CCNC(C(=O)Nc2ccc(CN3CCOCC3)cc2)C1.Cl. The molecule has 0 saturated carbocycles. The van der Waals surface area contributed by atoms with Crippen molar-refractivity contribution in [2.75, 3.05) is 38.2 Å². The first-order chi connectivity index (χ1) is 11.2. The first-order valence-electron chi connectivity index (χ1n) is 8.64. The number of amides is 1. The fourth-order valence-corrected chi connectivity index (χ4v) is 3.25. The Morgan fingerprint density at radius 1 is 1.29 bits per heavy atom. The van der Waals surface area contributed by atoms with Gasteiger partial charge in [-0.25, -0.2) is 0 Å². The maximum Gasteiger partial charge on any atom is 0.241 e. The van der Waals surface area contributed by atoms with Crippen LogP contribution in [0.5, 0.6) is 0 Å². The Morgan fingerprint density at radius 2 is 2.00 bits per heavy atom. The van der Waals surface area contributed by atoms with Crippen molar-refractivity contribution >= 4 is 24.0 Å². The van der Waals surface area contributed by atoms with Gasteiger partial charge in [-0.05, 0) is 43.0 Å². The van der Waals surface area contributed by atoms with Crippen molar-refractivity contribution in [2.45, 2.75) is 32.4 Å². The summed E-state index contributed by atoms with van der Waals surface area (Å²) in [6, 6.07) is 8.14. The number of anilines is 1. The molecular formula is C18H28ClN3O2. The van der Waals surface area contributed by atoms with Gasteiger partial charge in [0, 0.05) is 25.3 Å². The molecule has 0 aromatic heterocycles. The van der Waals surface area contributed by atoms with Gasteiger partial charge in [0.1, 0.15) is 0 Å². The summed E-state index contributed by atoms with van der Waals surface area (Å²) in [4.78, 5) is 14.7. The van der Waals surface area contributed by atoms with E-state index in [1.165, 1.54) is 5.56 Å². The van der Waals surface area contributed by atoms with Gasteiger partial charge in [-0.3, -0.25) is 9.69 Å². The van der Waals surface area contributed by atoms with E-state index >= 15 is 0 Å². The third-order valence-corrected chi connectivity index (χ3v) is 4.71. The minimum Gasteiger partial charge on any atom is -0.379 e. The van der Waals surface area contributed by atoms with Gasteiger partial charge in [-0.1, -0.05) is 19.1 Å². The average Bonchev–Trinajstić information content (AvgIpc) is 2.57. The fraction of sp³-hybridized carbons (Fsp3) is 0.611. The molecule has 0 spiro atoms. The number of nitrogens with one attached hydrogen (secondary N) is 2. The third-order valence-electron chi connectivity index (χ3n) is 4.71. The maximum absolute atomic E-state index is 12.3. The summed E-state index contributed by atoms with van der Waals surface area (Å²) >= 11 is 0. The molecule has 2 saturated heterocycles. The van der Waals surface area contributed by atoms with Crippen molar-refractivity contribution in [1.29, 1.82) is 0 Å². The van der Waals surface area contributed by atoms with Crippen LogP contribution in [0.1, 0.15) is 25.3 Å². The number of piperidine rings is 1. The molecule has 3 rings (SSSR count). The summed E-state index contributed by atoms with van der Waals surface area (Å²) in [7, 11) is 0. The number of rotatable bonds is 4. The highest BCUT2D eigenvalue weighted by molar-refractivity contribution is 5.94. The summed E-state index contributed by atoms with van der Waals surface area (Å²) in [5.74, 6) is 0.695. The molecule has 2 fully saturated rings. The number of halogens is 1. The highest BCUT2D eigenvalue weighted by Crippen LogP contribution is 2.17. The zero-order valence-electron chi connectivity index (χ0n) is 14.3. The molecule has 2 heterocycles. The van der Waals surface area contributed by atoms with Crippen LogP contribution in [0.2, 0.25) is 0 Å². The van der Waals surface area contributed by atoms with E-state index in [4.69, 9.17) is 4.74 Å². The molecule has 0 radical (unpaired) electrons. The van der Waals surface area contributed by atoms with Gasteiger partial charge in [-0.15, -0.1) is 12.4 Å². The minimum absolute atomic E-state index is 0. The molecule has 24 heavy (non-hydrogen) atoms. The minimum atomic E-state index is -0.0632. The summed E-state index contributed by atoms with van der Waals surface area (Å²) in [6.07, 6.45) is 2.07. The fourth-order valence-electron chi connectivity index (χ4n) is 3.25. The summed E-state index contributed by atoms with van der Waals surface area (Å²) in [6.45, 7) is 7.70. The van der Waals surface area contributed by atoms with E-state index in [1.807, 2.05) is 12.1 Å². The van der Waals surface area contributed by atoms with Gasteiger partial charge in [0.05, 0.1) is 19.3 Å². The standard InChI is InChI=1S/C18H27N3O2.ClH/c1-14-6-7-19-17(12-14)18(22)20-16-4-2-15(3-5-16)13-21-8-10-23-11-9-21;/h2-5,14,17,19H,6-13H2,1H3,(H,20,22);1H. The second-order valence-corrected chi connectivity index (χ2v) is 6.71. The Balaban J connectivity index is 0.00000208. The molecule has 5 nitrogen and oxygen atoms in total. The van der Waals surface area contributed by atoms with Gasteiger partial charge >= 0.3 is 0 Å². The molecule has 2 aliphatic heterocycles. The molecule has 1 amide bonds. The van der Waals surface area contributed by atoms with Crippen molar-refractivity contribution in [3.8, 4) is 0 Å². The smallest absolute Gasteiger partial charge is 0.241 e. The molecule has 134 valence electrons. The van der Waals surface area contributed by atoms with Gasteiger partial charge in [-0.2, -0.15) is 0 Å². The number of carbonyl (C=O) groups is 1. The highest BCUT2D eigenvalue weighted by Gasteiger charge is 2.24. The molecule has 1 aromatic rings. The Kier molecular flexibility index (Phi) is 7.49. The average molecular weight is 354 g/mol. The van der Waals surface area contributed by atoms with Gasteiger partial charge < -0.3 is 15.4 Å². The Labute approximate surface area is 150 Å². The number of hydrogen-bond acceptors (Lipinski definition) is 4. The van der Waals surface area contributed by atoms with Crippen LogP contribution >= 0.6 is 12.4 Å². The molecule has 2 unspecified atom stereocenters. The van der Waals surface area contributed by atoms with Crippen molar-refractivity contribution in [2.24, 2.45) is 5.92 Å². The van der Waals surface area contributed by atoms with E-state index in [0.717, 1.165) is 57.9 Å². The number of carbonyl (C=O) groups excluding carboxylic acids is 1. The second kappa shape index (κ2) is 9.37. The molecule has 2 atom stereocenters. The van der Waals surface area contributed by atoms with Crippen molar-refractivity contribution in [3.05, 3.63) is 29.8 Å². The lowest BCUT2D eigenvalue weighted by molar-refractivity contribution is -0.119. The molecular weight excluding hydrogens is 326 g/mol. The molecule has 2 aliphatic rings. The zero-order valence-corrected chi connectivity index (χ0v) is 15.1.